The molecule has 0 atom stereocenters. The lowest BCUT2D eigenvalue weighted by atomic mass is 10.3. The molecule has 0 aliphatic rings. The Labute approximate surface area is 175 Å². The van der Waals surface area contributed by atoms with Gasteiger partial charge in [0, 0.05) is 12.1 Å². The Morgan fingerprint density at radius 3 is 2.76 bits per heavy atom. The molecule has 0 aliphatic heterocycles. The van der Waals surface area contributed by atoms with Gasteiger partial charge in [-0.05, 0) is 37.4 Å². The quantitative estimate of drug-likeness (QED) is 0.374. The molecular formula is C20H19N5O2S2. The molecule has 3 heterocycles. The van der Waals surface area contributed by atoms with Crippen LogP contribution in [0.25, 0.3) is 15.9 Å². The molecule has 0 radical (unpaired) electrons. The van der Waals surface area contributed by atoms with Crippen LogP contribution < -0.4 is 10.9 Å². The minimum atomic E-state index is -0.183. The van der Waals surface area contributed by atoms with Crippen LogP contribution in [0, 0.1) is 0 Å². The van der Waals surface area contributed by atoms with Crippen molar-refractivity contribution in [2.24, 2.45) is 0 Å². The van der Waals surface area contributed by atoms with Crippen LogP contribution in [-0.4, -0.2) is 31.0 Å². The number of hydrogen-bond donors (Lipinski definition) is 1. The standard InChI is InChI=1S/C20H19N5O2S2/c1-13(2)25-16(8-10-21-25)22-17(26)12-29-20-23-18-15(9-11-28-18)19(27)24(20)14-6-4-3-5-7-14/h3-11,13H,12H2,1-2H3,(H,22,26). The number of amides is 1. The van der Waals surface area contributed by atoms with Gasteiger partial charge in [0.05, 0.1) is 23.0 Å². The molecule has 3 aromatic heterocycles. The number of carbonyl (C=O) groups excluding carboxylic acids is 1. The van der Waals surface area contributed by atoms with Gasteiger partial charge in [-0.15, -0.1) is 11.3 Å². The van der Waals surface area contributed by atoms with Crippen LogP contribution in [0.3, 0.4) is 0 Å². The predicted molar refractivity (Wildman–Crippen MR) is 117 cm³/mol. The molecule has 4 aromatic rings. The van der Waals surface area contributed by atoms with Crippen molar-refractivity contribution in [1.29, 1.82) is 0 Å². The number of thioether (sulfide) groups is 1. The minimum absolute atomic E-state index is 0.124. The van der Waals surface area contributed by atoms with Gasteiger partial charge in [-0.3, -0.25) is 14.2 Å². The van der Waals surface area contributed by atoms with Gasteiger partial charge in [0.2, 0.25) is 5.91 Å². The summed E-state index contributed by atoms with van der Waals surface area (Å²) in [5, 5.41) is 10.0. The number of nitrogens with zero attached hydrogens (tertiary/aromatic N) is 4. The van der Waals surface area contributed by atoms with Crippen LogP contribution in [0.5, 0.6) is 0 Å². The summed E-state index contributed by atoms with van der Waals surface area (Å²) in [5.74, 6) is 0.588. The second kappa shape index (κ2) is 8.22. The van der Waals surface area contributed by atoms with Crippen molar-refractivity contribution in [3.8, 4) is 5.69 Å². The molecule has 7 nitrogen and oxygen atoms in total. The second-order valence-electron chi connectivity index (χ2n) is 6.60. The Hall–Kier alpha value is -2.91. The smallest absolute Gasteiger partial charge is 0.267 e. The number of anilines is 1. The molecule has 1 N–H and O–H groups in total. The first kappa shape index (κ1) is 19.4. The SMILES string of the molecule is CC(C)n1nccc1NC(=O)CSc1nc2sccc2c(=O)n1-c1ccccc1. The zero-order chi connectivity index (χ0) is 20.4. The number of rotatable bonds is 6. The number of benzene rings is 1. The Balaban J connectivity index is 1.61. The van der Waals surface area contributed by atoms with Crippen LogP contribution in [0.1, 0.15) is 19.9 Å². The van der Waals surface area contributed by atoms with Crippen LogP contribution in [-0.2, 0) is 4.79 Å². The summed E-state index contributed by atoms with van der Waals surface area (Å²) in [6.45, 7) is 3.99. The van der Waals surface area contributed by atoms with Gasteiger partial charge in [-0.25, -0.2) is 9.67 Å². The van der Waals surface area contributed by atoms with Crippen LogP contribution in [0.4, 0.5) is 5.82 Å². The first-order valence-corrected chi connectivity index (χ1v) is 10.9. The van der Waals surface area contributed by atoms with E-state index in [0.717, 1.165) is 5.69 Å². The Bertz CT molecular complexity index is 1210. The summed E-state index contributed by atoms with van der Waals surface area (Å²) in [4.78, 5) is 30.9. The van der Waals surface area contributed by atoms with Crippen molar-refractivity contribution in [1.82, 2.24) is 19.3 Å². The molecule has 29 heavy (non-hydrogen) atoms. The van der Waals surface area contributed by atoms with Gasteiger partial charge in [0.15, 0.2) is 5.16 Å². The van der Waals surface area contributed by atoms with Gasteiger partial charge < -0.3 is 5.32 Å². The average molecular weight is 426 g/mol. The molecule has 4 rings (SSSR count). The molecule has 0 saturated heterocycles. The van der Waals surface area contributed by atoms with Crippen molar-refractivity contribution < 1.29 is 4.79 Å². The fraction of sp³-hybridized carbons (Fsp3) is 0.200. The monoisotopic (exact) mass is 425 g/mol. The molecule has 0 spiro atoms. The van der Waals surface area contributed by atoms with Crippen molar-refractivity contribution >= 4 is 45.0 Å². The van der Waals surface area contributed by atoms with Gasteiger partial charge in [0.25, 0.3) is 5.56 Å². The maximum atomic E-state index is 13.0. The lowest BCUT2D eigenvalue weighted by molar-refractivity contribution is -0.113. The van der Waals surface area contributed by atoms with Crippen molar-refractivity contribution in [2.75, 3.05) is 11.1 Å². The molecule has 1 amide bonds. The zero-order valence-electron chi connectivity index (χ0n) is 15.9. The van der Waals surface area contributed by atoms with Crippen molar-refractivity contribution in [2.45, 2.75) is 25.0 Å². The number of nitrogens with one attached hydrogen (secondary N) is 1. The van der Waals surface area contributed by atoms with E-state index in [-0.39, 0.29) is 23.3 Å². The molecular weight excluding hydrogens is 406 g/mol. The van der Waals surface area contributed by atoms with E-state index >= 15 is 0 Å². The summed E-state index contributed by atoms with van der Waals surface area (Å²) < 4.78 is 3.31. The summed E-state index contributed by atoms with van der Waals surface area (Å²) in [7, 11) is 0. The summed E-state index contributed by atoms with van der Waals surface area (Å²) >= 11 is 2.65. The minimum Gasteiger partial charge on any atom is -0.310 e. The molecule has 148 valence electrons. The number of carbonyl (C=O) groups is 1. The highest BCUT2D eigenvalue weighted by Gasteiger charge is 2.16. The maximum absolute atomic E-state index is 13.0. The maximum Gasteiger partial charge on any atom is 0.267 e. The average Bonchev–Trinajstić information content (AvgIpc) is 3.36. The largest absolute Gasteiger partial charge is 0.310 e. The van der Waals surface area contributed by atoms with Crippen LogP contribution >= 0.6 is 23.1 Å². The van der Waals surface area contributed by atoms with E-state index in [1.165, 1.54) is 23.1 Å². The van der Waals surface area contributed by atoms with E-state index in [4.69, 9.17) is 0 Å². The van der Waals surface area contributed by atoms with E-state index < -0.39 is 0 Å². The third-order valence-corrected chi connectivity index (χ3v) is 5.99. The number of thiophene rings is 1. The fourth-order valence-corrected chi connectivity index (χ4v) is 4.55. The molecule has 0 aliphatic carbocycles. The predicted octanol–water partition coefficient (Wildman–Crippen LogP) is 3.96. The molecule has 1 aromatic carbocycles. The van der Waals surface area contributed by atoms with Gasteiger partial charge >= 0.3 is 0 Å². The number of fused-ring (bicyclic) bond motifs is 1. The normalized spacial score (nSPS) is 11.3. The van der Waals surface area contributed by atoms with Crippen LogP contribution in [0.15, 0.2) is 64.0 Å². The summed E-state index contributed by atoms with van der Waals surface area (Å²) in [6, 6.07) is 13.0. The molecule has 0 unspecified atom stereocenters. The Morgan fingerprint density at radius 1 is 1.21 bits per heavy atom. The number of aromatic nitrogens is 4. The molecule has 0 bridgehead atoms. The Morgan fingerprint density at radius 2 is 2.00 bits per heavy atom. The van der Waals surface area contributed by atoms with Gasteiger partial charge in [-0.1, -0.05) is 30.0 Å². The highest BCUT2D eigenvalue weighted by atomic mass is 32.2. The molecule has 0 saturated carbocycles. The lowest BCUT2D eigenvalue weighted by Crippen LogP contribution is -2.22. The van der Waals surface area contributed by atoms with Crippen LogP contribution in [0.2, 0.25) is 0 Å². The van der Waals surface area contributed by atoms with E-state index in [1.807, 2.05) is 49.6 Å². The van der Waals surface area contributed by atoms with E-state index in [1.54, 1.807) is 27.6 Å². The lowest BCUT2D eigenvalue weighted by Gasteiger charge is -2.13. The third-order valence-electron chi connectivity index (χ3n) is 4.24. The highest BCUT2D eigenvalue weighted by Crippen LogP contribution is 2.24. The van der Waals surface area contributed by atoms with E-state index in [9.17, 15) is 9.59 Å². The van der Waals surface area contributed by atoms with Crippen molar-refractivity contribution in [3.05, 3.63) is 64.4 Å². The Kier molecular flexibility index (Phi) is 5.50. The first-order chi connectivity index (χ1) is 14.0. The summed E-state index contributed by atoms with van der Waals surface area (Å²) in [6.07, 6.45) is 1.65. The first-order valence-electron chi connectivity index (χ1n) is 9.06. The fourth-order valence-electron chi connectivity index (χ4n) is 2.93. The van der Waals surface area contributed by atoms with Crippen molar-refractivity contribution in [3.63, 3.8) is 0 Å². The highest BCUT2D eigenvalue weighted by molar-refractivity contribution is 7.99. The topological polar surface area (TPSA) is 81.8 Å². The summed E-state index contributed by atoms with van der Waals surface area (Å²) in [5.41, 5.74) is 0.585. The van der Waals surface area contributed by atoms with Gasteiger partial charge in [0.1, 0.15) is 10.6 Å². The van der Waals surface area contributed by atoms with E-state index in [2.05, 4.69) is 15.4 Å². The molecule has 0 fully saturated rings. The third kappa shape index (κ3) is 3.96. The number of para-hydroxylation sites is 1. The van der Waals surface area contributed by atoms with Gasteiger partial charge in [-0.2, -0.15) is 5.10 Å². The zero-order valence-corrected chi connectivity index (χ0v) is 17.5. The number of hydrogen-bond acceptors (Lipinski definition) is 6. The van der Waals surface area contributed by atoms with E-state index in [0.29, 0.717) is 21.2 Å². The molecule has 9 heteroatoms. The second-order valence-corrected chi connectivity index (χ2v) is 8.44.